The lowest BCUT2D eigenvalue weighted by atomic mass is 9.95. The summed E-state index contributed by atoms with van der Waals surface area (Å²) in [6.45, 7) is 1.73. The second-order valence-electron chi connectivity index (χ2n) is 4.48. The molecule has 8 nitrogen and oxygen atoms in total. The number of aromatic amines is 1. The largest absolute Gasteiger partial charge is 0.481 e. The summed E-state index contributed by atoms with van der Waals surface area (Å²) in [5.74, 6) is -1.82. The van der Waals surface area contributed by atoms with E-state index in [4.69, 9.17) is 5.11 Å². The highest BCUT2D eigenvalue weighted by molar-refractivity contribution is 5.85. The van der Waals surface area contributed by atoms with E-state index in [9.17, 15) is 9.59 Å². The van der Waals surface area contributed by atoms with Crippen LogP contribution in [0.5, 0.6) is 0 Å². The van der Waals surface area contributed by atoms with Crippen molar-refractivity contribution in [2.75, 3.05) is 0 Å². The van der Waals surface area contributed by atoms with E-state index in [2.05, 4.69) is 25.9 Å². The molecule has 1 unspecified atom stereocenters. The van der Waals surface area contributed by atoms with Crippen molar-refractivity contribution < 1.29 is 14.7 Å². The molecule has 1 aliphatic rings. The summed E-state index contributed by atoms with van der Waals surface area (Å²) in [4.78, 5) is 23.0. The molecule has 1 aromatic rings. The van der Waals surface area contributed by atoms with Crippen molar-refractivity contribution in [1.29, 1.82) is 0 Å². The van der Waals surface area contributed by atoms with Crippen LogP contribution in [0.15, 0.2) is 0 Å². The van der Waals surface area contributed by atoms with Crippen molar-refractivity contribution in [3.05, 3.63) is 5.82 Å². The Morgan fingerprint density at radius 1 is 1.44 bits per heavy atom. The molecular weight excluding hydrogens is 238 g/mol. The SMILES string of the molecule is CC(NC(=O)[C@@H]1CCC[C@@H]1C(=O)O)c1nn[nH]n1. The zero-order valence-electron chi connectivity index (χ0n) is 9.96. The highest BCUT2D eigenvalue weighted by Crippen LogP contribution is 2.32. The molecule has 1 aromatic heterocycles. The Balaban J connectivity index is 1.97. The summed E-state index contributed by atoms with van der Waals surface area (Å²) in [5.41, 5.74) is 0. The first-order valence-corrected chi connectivity index (χ1v) is 5.86. The van der Waals surface area contributed by atoms with Gasteiger partial charge in [0.25, 0.3) is 0 Å². The fourth-order valence-electron chi connectivity index (χ4n) is 2.31. The van der Waals surface area contributed by atoms with Gasteiger partial charge in [-0.05, 0) is 19.8 Å². The summed E-state index contributed by atoms with van der Waals surface area (Å²) in [6.07, 6.45) is 1.94. The minimum Gasteiger partial charge on any atom is -0.481 e. The van der Waals surface area contributed by atoms with Crippen LogP contribution in [0.3, 0.4) is 0 Å². The fourth-order valence-corrected chi connectivity index (χ4v) is 2.31. The summed E-state index contributed by atoms with van der Waals surface area (Å²) >= 11 is 0. The molecule has 3 N–H and O–H groups in total. The number of nitrogens with zero attached hydrogens (tertiary/aromatic N) is 3. The minimum absolute atomic E-state index is 0.253. The number of amides is 1. The average Bonchev–Trinajstić information content (AvgIpc) is 3.00. The molecule has 2 rings (SSSR count). The lowest BCUT2D eigenvalue weighted by Gasteiger charge is -2.17. The Kier molecular flexibility index (Phi) is 3.54. The Morgan fingerprint density at radius 3 is 2.78 bits per heavy atom. The third-order valence-electron chi connectivity index (χ3n) is 3.28. The Morgan fingerprint density at radius 2 is 2.17 bits per heavy atom. The van der Waals surface area contributed by atoms with Crippen molar-refractivity contribution in [2.24, 2.45) is 11.8 Å². The Hall–Kier alpha value is -1.99. The molecule has 1 fully saturated rings. The van der Waals surface area contributed by atoms with Gasteiger partial charge in [0.15, 0.2) is 5.82 Å². The second-order valence-corrected chi connectivity index (χ2v) is 4.48. The molecule has 8 heteroatoms. The molecule has 1 aliphatic carbocycles. The maximum absolute atomic E-state index is 12.0. The van der Waals surface area contributed by atoms with Gasteiger partial charge < -0.3 is 10.4 Å². The van der Waals surface area contributed by atoms with E-state index in [1.165, 1.54) is 0 Å². The number of aliphatic carboxylic acids is 1. The quantitative estimate of drug-likeness (QED) is 0.687. The third-order valence-corrected chi connectivity index (χ3v) is 3.28. The van der Waals surface area contributed by atoms with Crippen molar-refractivity contribution in [1.82, 2.24) is 25.9 Å². The lowest BCUT2D eigenvalue weighted by molar-refractivity contribution is -0.146. The normalized spacial score (nSPS) is 24.7. The van der Waals surface area contributed by atoms with Gasteiger partial charge in [0.2, 0.25) is 5.91 Å². The topological polar surface area (TPSA) is 121 Å². The first-order chi connectivity index (χ1) is 8.59. The number of carboxylic acids is 1. The zero-order valence-corrected chi connectivity index (χ0v) is 9.96. The summed E-state index contributed by atoms with van der Waals surface area (Å²) in [6, 6.07) is -0.383. The van der Waals surface area contributed by atoms with E-state index in [0.29, 0.717) is 18.7 Å². The van der Waals surface area contributed by atoms with Gasteiger partial charge in [-0.2, -0.15) is 5.21 Å². The third kappa shape index (κ3) is 2.47. The smallest absolute Gasteiger partial charge is 0.307 e. The number of nitrogens with one attached hydrogen (secondary N) is 2. The second kappa shape index (κ2) is 5.11. The van der Waals surface area contributed by atoms with Crippen LogP contribution in [-0.4, -0.2) is 37.6 Å². The molecule has 0 spiro atoms. The molecule has 1 saturated carbocycles. The van der Waals surface area contributed by atoms with Gasteiger partial charge in [0, 0.05) is 0 Å². The van der Waals surface area contributed by atoms with Crippen molar-refractivity contribution in [3.8, 4) is 0 Å². The van der Waals surface area contributed by atoms with E-state index in [1.54, 1.807) is 6.92 Å². The van der Waals surface area contributed by atoms with Gasteiger partial charge in [0.1, 0.15) is 0 Å². The predicted octanol–water partition coefficient (Wildman–Crippen LogP) is -0.122. The molecule has 1 heterocycles. The van der Waals surface area contributed by atoms with Crippen LogP contribution in [0.1, 0.15) is 38.1 Å². The molecule has 1 amide bonds. The van der Waals surface area contributed by atoms with Crippen LogP contribution in [0.4, 0.5) is 0 Å². The number of carboxylic acid groups (broad SMARTS) is 1. The number of H-pyrrole nitrogens is 1. The van der Waals surface area contributed by atoms with E-state index in [-0.39, 0.29) is 11.9 Å². The van der Waals surface area contributed by atoms with Crippen molar-refractivity contribution in [2.45, 2.75) is 32.2 Å². The van der Waals surface area contributed by atoms with Gasteiger partial charge in [-0.25, -0.2) is 0 Å². The number of carbonyl (C=O) groups excluding carboxylic acids is 1. The van der Waals surface area contributed by atoms with Crippen LogP contribution in [-0.2, 0) is 9.59 Å². The average molecular weight is 253 g/mol. The number of aromatic nitrogens is 4. The zero-order chi connectivity index (χ0) is 13.1. The monoisotopic (exact) mass is 253 g/mol. The molecule has 98 valence electrons. The number of hydrogen-bond donors (Lipinski definition) is 3. The number of carbonyl (C=O) groups is 2. The number of hydrogen-bond acceptors (Lipinski definition) is 5. The maximum Gasteiger partial charge on any atom is 0.307 e. The Bertz CT molecular complexity index is 433. The lowest BCUT2D eigenvalue weighted by Crippen LogP contribution is -2.37. The van der Waals surface area contributed by atoms with E-state index in [0.717, 1.165) is 6.42 Å². The van der Waals surface area contributed by atoms with Crippen LogP contribution in [0.25, 0.3) is 0 Å². The van der Waals surface area contributed by atoms with Gasteiger partial charge >= 0.3 is 5.97 Å². The van der Waals surface area contributed by atoms with Crippen LogP contribution in [0.2, 0.25) is 0 Å². The van der Waals surface area contributed by atoms with Crippen molar-refractivity contribution in [3.63, 3.8) is 0 Å². The first-order valence-electron chi connectivity index (χ1n) is 5.86. The van der Waals surface area contributed by atoms with Crippen molar-refractivity contribution >= 4 is 11.9 Å². The standard InChI is InChI=1S/C10H15N5O3/c1-5(8-12-14-15-13-8)11-9(16)6-3-2-4-7(6)10(17)18/h5-7H,2-4H2,1H3,(H,11,16)(H,17,18)(H,12,13,14,15)/t5?,6-,7+/m1/s1. The van der Waals surface area contributed by atoms with E-state index in [1.807, 2.05) is 0 Å². The fraction of sp³-hybridized carbons (Fsp3) is 0.700. The molecule has 0 aromatic carbocycles. The van der Waals surface area contributed by atoms with Gasteiger partial charge in [-0.3, -0.25) is 9.59 Å². The number of tetrazole rings is 1. The molecule has 0 saturated heterocycles. The van der Waals surface area contributed by atoms with Crippen LogP contribution >= 0.6 is 0 Å². The minimum atomic E-state index is -0.903. The molecule has 0 bridgehead atoms. The van der Waals surface area contributed by atoms with E-state index >= 15 is 0 Å². The van der Waals surface area contributed by atoms with Crippen LogP contribution < -0.4 is 5.32 Å². The highest BCUT2D eigenvalue weighted by Gasteiger charge is 2.38. The molecule has 0 aliphatic heterocycles. The Labute approximate surface area is 103 Å². The summed E-state index contributed by atoms with van der Waals surface area (Å²) in [5, 5.41) is 25.0. The van der Waals surface area contributed by atoms with Gasteiger partial charge in [0.05, 0.1) is 17.9 Å². The summed E-state index contributed by atoms with van der Waals surface area (Å²) in [7, 11) is 0. The highest BCUT2D eigenvalue weighted by atomic mass is 16.4. The molecule has 18 heavy (non-hydrogen) atoms. The van der Waals surface area contributed by atoms with Crippen LogP contribution in [0, 0.1) is 11.8 Å². The number of rotatable bonds is 4. The molecule has 3 atom stereocenters. The molecular formula is C10H15N5O3. The van der Waals surface area contributed by atoms with Gasteiger partial charge in [-0.15, -0.1) is 10.2 Å². The molecule has 0 radical (unpaired) electrons. The summed E-state index contributed by atoms with van der Waals surface area (Å²) < 4.78 is 0. The van der Waals surface area contributed by atoms with E-state index < -0.39 is 17.8 Å². The van der Waals surface area contributed by atoms with Gasteiger partial charge in [-0.1, -0.05) is 11.6 Å². The predicted molar refractivity (Wildman–Crippen MR) is 59.2 cm³/mol. The first kappa shape index (κ1) is 12.5. The maximum atomic E-state index is 12.0.